The van der Waals surface area contributed by atoms with Gasteiger partial charge in [0.15, 0.2) is 5.75 Å². The maximum absolute atomic E-state index is 12.5. The highest BCUT2D eigenvalue weighted by Crippen LogP contribution is 2.30. The summed E-state index contributed by atoms with van der Waals surface area (Å²) in [6, 6.07) is 2.52. The molecule has 22 heavy (non-hydrogen) atoms. The lowest BCUT2D eigenvalue weighted by molar-refractivity contribution is -0.386. The molecule has 1 N–H and O–H groups in total. The van der Waals surface area contributed by atoms with Gasteiger partial charge in [0.1, 0.15) is 6.54 Å². The lowest BCUT2D eigenvalue weighted by Crippen LogP contribution is -2.40. The van der Waals surface area contributed by atoms with E-state index in [1.165, 1.54) is 21.0 Å². The zero-order valence-corrected chi connectivity index (χ0v) is 13.0. The Morgan fingerprint density at radius 1 is 1.45 bits per heavy atom. The van der Waals surface area contributed by atoms with Crippen LogP contribution in [0.25, 0.3) is 0 Å². The average molecular weight is 332 g/mol. The Hall–Kier alpha value is -2.20. The highest BCUT2D eigenvalue weighted by atomic mass is 32.2. The zero-order chi connectivity index (χ0) is 17.1. The fraction of sp³-hybridized carbons (Fsp3) is 0.417. The number of nitro benzene ring substituents is 1. The number of methoxy groups -OCH3 is 1. The van der Waals surface area contributed by atoms with Crippen molar-refractivity contribution in [3.05, 3.63) is 28.3 Å². The van der Waals surface area contributed by atoms with Gasteiger partial charge in [-0.25, -0.2) is 8.42 Å². The second-order valence-corrected chi connectivity index (χ2v) is 6.52. The first-order valence-electron chi connectivity index (χ1n) is 6.17. The summed E-state index contributed by atoms with van der Waals surface area (Å²) in [6.45, 7) is 2.29. The van der Waals surface area contributed by atoms with E-state index in [9.17, 15) is 23.3 Å². The normalized spacial score (nSPS) is 11.7. The van der Waals surface area contributed by atoms with Crippen molar-refractivity contribution in [3.63, 3.8) is 0 Å². The number of rotatable bonds is 7. The van der Waals surface area contributed by atoms with E-state index in [1.54, 1.807) is 0 Å². The van der Waals surface area contributed by atoms with Crippen molar-refractivity contribution in [1.29, 1.82) is 0 Å². The Labute approximate surface area is 127 Å². The second kappa shape index (κ2) is 6.71. The van der Waals surface area contributed by atoms with Crippen molar-refractivity contribution in [2.45, 2.75) is 24.8 Å². The third-order valence-electron chi connectivity index (χ3n) is 2.82. The van der Waals surface area contributed by atoms with Crippen LogP contribution in [0.3, 0.4) is 0 Å². The van der Waals surface area contributed by atoms with Crippen LogP contribution < -0.4 is 4.74 Å². The summed E-state index contributed by atoms with van der Waals surface area (Å²) in [5.74, 6) is -1.40. The largest absolute Gasteiger partial charge is 0.490 e. The van der Waals surface area contributed by atoms with Crippen LogP contribution in [0.1, 0.15) is 13.8 Å². The minimum Gasteiger partial charge on any atom is -0.490 e. The Morgan fingerprint density at radius 3 is 2.45 bits per heavy atom. The molecule has 0 saturated carbocycles. The van der Waals surface area contributed by atoms with Gasteiger partial charge in [-0.05, 0) is 26.0 Å². The minimum absolute atomic E-state index is 0.0849. The molecule has 0 amide bonds. The first kappa shape index (κ1) is 17.9. The van der Waals surface area contributed by atoms with E-state index in [2.05, 4.69) is 0 Å². The van der Waals surface area contributed by atoms with Crippen LogP contribution in [0, 0.1) is 10.1 Å². The molecule has 0 aliphatic rings. The number of nitro groups is 1. The summed E-state index contributed by atoms with van der Waals surface area (Å²) in [5.41, 5.74) is -0.511. The maximum Gasteiger partial charge on any atom is 0.318 e. The molecule has 10 heteroatoms. The van der Waals surface area contributed by atoms with E-state index in [0.717, 1.165) is 22.5 Å². The molecule has 122 valence electrons. The van der Waals surface area contributed by atoms with Gasteiger partial charge >= 0.3 is 11.7 Å². The quantitative estimate of drug-likeness (QED) is 0.584. The van der Waals surface area contributed by atoms with Crippen molar-refractivity contribution in [3.8, 4) is 5.75 Å². The van der Waals surface area contributed by atoms with Crippen LogP contribution in [0.15, 0.2) is 23.1 Å². The van der Waals surface area contributed by atoms with E-state index < -0.39 is 39.2 Å². The van der Waals surface area contributed by atoms with Crippen LogP contribution in [0.4, 0.5) is 5.69 Å². The zero-order valence-electron chi connectivity index (χ0n) is 12.2. The van der Waals surface area contributed by atoms with Crippen LogP contribution in [-0.4, -0.2) is 48.4 Å². The van der Waals surface area contributed by atoms with Crippen molar-refractivity contribution >= 4 is 21.7 Å². The Kier molecular flexibility index (Phi) is 5.44. The van der Waals surface area contributed by atoms with Gasteiger partial charge in [0.2, 0.25) is 10.0 Å². The Morgan fingerprint density at radius 2 is 2.05 bits per heavy atom. The molecule has 0 radical (unpaired) electrons. The summed E-state index contributed by atoms with van der Waals surface area (Å²) in [6.07, 6.45) is 0. The van der Waals surface area contributed by atoms with E-state index >= 15 is 0 Å². The van der Waals surface area contributed by atoms with Gasteiger partial charge in [-0.3, -0.25) is 14.9 Å². The molecule has 0 saturated heterocycles. The summed E-state index contributed by atoms with van der Waals surface area (Å²) < 4.78 is 30.5. The highest BCUT2D eigenvalue weighted by molar-refractivity contribution is 7.89. The lowest BCUT2D eigenvalue weighted by Gasteiger charge is -2.24. The smallest absolute Gasteiger partial charge is 0.318 e. The standard InChI is InChI=1S/C12H16N2O7S/c1-8(2)13(7-12(15)16)22(19,20)9-4-5-11(21-3)10(6-9)14(17)18/h4-6,8H,7H2,1-3H3,(H,15,16). The fourth-order valence-corrected chi connectivity index (χ4v) is 3.39. The van der Waals surface area contributed by atoms with Gasteiger partial charge in [0.25, 0.3) is 0 Å². The van der Waals surface area contributed by atoms with Gasteiger partial charge in [0.05, 0.1) is 16.9 Å². The molecule has 0 bridgehead atoms. The molecule has 0 unspecified atom stereocenters. The number of aliphatic carboxylic acids is 1. The van der Waals surface area contributed by atoms with Crippen molar-refractivity contribution in [2.75, 3.05) is 13.7 Å². The summed E-state index contributed by atoms with van der Waals surface area (Å²) in [5, 5.41) is 19.8. The molecule has 0 aliphatic carbocycles. The Bertz CT molecular complexity index is 685. The lowest BCUT2D eigenvalue weighted by atomic mass is 10.3. The number of nitrogens with zero attached hydrogens (tertiary/aromatic N) is 2. The van der Waals surface area contributed by atoms with E-state index in [4.69, 9.17) is 9.84 Å². The average Bonchev–Trinajstić information content (AvgIpc) is 2.43. The number of hydrogen-bond acceptors (Lipinski definition) is 6. The number of sulfonamides is 1. The van der Waals surface area contributed by atoms with Crippen LogP contribution >= 0.6 is 0 Å². The number of hydrogen-bond donors (Lipinski definition) is 1. The Balaban J connectivity index is 3.41. The molecule has 1 aromatic rings. The molecule has 0 aliphatic heterocycles. The van der Waals surface area contributed by atoms with Crippen LogP contribution in [0.5, 0.6) is 5.75 Å². The number of carboxylic acids is 1. The molecule has 0 atom stereocenters. The molecular weight excluding hydrogens is 316 g/mol. The van der Waals surface area contributed by atoms with Gasteiger partial charge in [-0.2, -0.15) is 4.31 Å². The third kappa shape index (κ3) is 3.71. The second-order valence-electron chi connectivity index (χ2n) is 4.63. The summed E-state index contributed by atoms with van der Waals surface area (Å²) in [7, 11) is -2.96. The van der Waals surface area contributed by atoms with Crippen molar-refractivity contribution in [1.82, 2.24) is 4.31 Å². The predicted octanol–water partition coefficient (Wildman–Crippen LogP) is 1.09. The number of carbonyl (C=O) groups is 1. The molecule has 9 nitrogen and oxygen atoms in total. The van der Waals surface area contributed by atoms with E-state index in [0.29, 0.717) is 0 Å². The first-order valence-corrected chi connectivity index (χ1v) is 7.61. The first-order chi connectivity index (χ1) is 10.1. The van der Waals surface area contributed by atoms with Gasteiger partial charge in [-0.1, -0.05) is 0 Å². The summed E-state index contributed by atoms with van der Waals surface area (Å²) >= 11 is 0. The minimum atomic E-state index is -4.18. The SMILES string of the molecule is COc1ccc(S(=O)(=O)N(CC(=O)O)C(C)C)cc1[N+](=O)[O-]. The molecule has 0 heterocycles. The molecule has 0 fully saturated rings. The van der Waals surface area contributed by atoms with Gasteiger partial charge in [0, 0.05) is 12.1 Å². The molecule has 0 aromatic heterocycles. The van der Waals surface area contributed by atoms with Gasteiger partial charge in [-0.15, -0.1) is 0 Å². The number of benzene rings is 1. The topological polar surface area (TPSA) is 127 Å². The molecule has 1 rings (SSSR count). The van der Waals surface area contributed by atoms with Crippen molar-refractivity contribution < 1.29 is 28.0 Å². The highest BCUT2D eigenvalue weighted by Gasteiger charge is 2.31. The predicted molar refractivity (Wildman–Crippen MR) is 76.3 cm³/mol. The molecule has 0 spiro atoms. The number of ether oxygens (including phenoxy) is 1. The van der Waals surface area contributed by atoms with E-state index in [1.807, 2.05) is 0 Å². The third-order valence-corrected chi connectivity index (χ3v) is 4.84. The summed E-state index contributed by atoms with van der Waals surface area (Å²) in [4.78, 5) is 20.7. The van der Waals surface area contributed by atoms with Crippen molar-refractivity contribution in [2.24, 2.45) is 0 Å². The van der Waals surface area contributed by atoms with Crippen LogP contribution in [-0.2, 0) is 14.8 Å². The van der Waals surface area contributed by atoms with E-state index in [-0.39, 0.29) is 10.6 Å². The van der Waals surface area contributed by atoms with Gasteiger partial charge < -0.3 is 9.84 Å². The maximum atomic E-state index is 12.5. The van der Waals surface area contributed by atoms with Crippen LogP contribution in [0.2, 0.25) is 0 Å². The fourth-order valence-electron chi connectivity index (χ4n) is 1.79. The molecule has 1 aromatic carbocycles. The molecular formula is C12H16N2O7S. The number of carboxylic acid groups (broad SMARTS) is 1. The monoisotopic (exact) mass is 332 g/mol.